The molecule has 0 unspecified atom stereocenters. The van der Waals surface area contributed by atoms with Crippen LogP contribution in [0.1, 0.15) is 39.5 Å². The van der Waals surface area contributed by atoms with Gasteiger partial charge in [0.15, 0.2) is 0 Å². The minimum Gasteiger partial charge on any atom is -0.399 e. The van der Waals surface area contributed by atoms with Crippen molar-refractivity contribution >= 4 is 17.3 Å². The molecule has 3 N–H and O–H groups in total. The third kappa shape index (κ3) is 7.79. The van der Waals surface area contributed by atoms with Crippen molar-refractivity contribution in [1.82, 2.24) is 0 Å². The number of carbonyl (C=O) groups is 1. The molecule has 0 saturated heterocycles. The van der Waals surface area contributed by atoms with E-state index in [4.69, 9.17) is 10.5 Å². The summed E-state index contributed by atoms with van der Waals surface area (Å²) >= 11 is 0. The predicted molar refractivity (Wildman–Crippen MR) is 83.6 cm³/mol. The summed E-state index contributed by atoms with van der Waals surface area (Å²) in [6.07, 6.45) is 3.50. The van der Waals surface area contributed by atoms with E-state index in [1.54, 1.807) is 12.1 Å². The number of hydrogen-bond donors (Lipinski definition) is 2. The molecule has 4 heteroatoms. The third-order valence-electron chi connectivity index (χ3n) is 2.93. The van der Waals surface area contributed by atoms with Crippen molar-refractivity contribution in [3.8, 4) is 0 Å². The number of ether oxygens (including phenoxy) is 1. The van der Waals surface area contributed by atoms with Gasteiger partial charge in [-0.1, -0.05) is 19.9 Å². The van der Waals surface area contributed by atoms with Gasteiger partial charge in [0.25, 0.3) is 0 Å². The largest absolute Gasteiger partial charge is 0.399 e. The first kappa shape index (κ1) is 16.5. The standard InChI is InChI=1S/C16H26N2O2/c1-13(2)6-4-10-20-11-5-9-16(19)18-15-8-3-7-14(17)12-15/h3,7-8,12-13H,4-6,9-11,17H2,1-2H3,(H,18,19). The molecule has 0 aliphatic heterocycles. The molecule has 0 atom stereocenters. The van der Waals surface area contributed by atoms with Crippen LogP contribution < -0.4 is 11.1 Å². The number of nitrogens with two attached hydrogens (primary N) is 1. The van der Waals surface area contributed by atoms with Crippen LogP contribution in [0.5, 0.6) is 0 Å². The molecule has 0 aliphatic rings. The van der Waals surface area contributed by atoms with E-state index in [0.29, 0.717) is 18.7 Å². The molecule has 0 heterocycles. The molecule has 20 heavy (non-hydrogen) atoms. The van der Waals surface area contributed by atoms with Crippen LogP contribution in [-0.2, 0) is 9.53 Å². The summed E-state index contributed by atoms with van der Waals surface area (Å²) in [4.78, 5) is 11.7. The normalized spacial score (nSPS) is 10.8. The van der Waals surface area contributed by atoms with Crippen molar-refractivity contribution in [2.45, 2.75) is 39.5 Å². The second-order valence-corrected chi connectivity index (χ2v) is 5.43. The SMILES string of the molecule is CC(C)CCCOCCCC(=O)Nc1cccc(N)c1. The van der Waals surface area contributed by atoms with Crippen LogP contribution in [0, 0.1) is 5.92 Å². The Bertz CT molecular complexity index is 405. The van der Waals surface area contributed by atoms with Crippen molar-refractivity contribution in [1.29, 1.82) is 0 Å². The highest BCUT2D eigenvalue weighted by Gasteiger charge is 2.02. The summed E-state index contributed by atoms with van der Waals surface area (Å²) in [6, 6.07) is 7.19. The summed E-state index contributed by atoms with van der Waals surface area (Å²) < 4.78 is 5.50. The molecule has 1 amide bonds. The van der Waals surface area contributed by atoms with Crippen molar-refractivity contribution in [2.75, 3.05) is 24.3 Å². The lowest BCUT2D eigenvalue weighted by molar-refractivity contribution is -0.116. The number of nitrogens with one attached hydrogen (secondary N) is 1. The molecule has 1 aromatic rings. The van der Waals surface area contributed by atoms with Gasteiger partial charge in [-0.25, -0.2) is 0 Å². The Morgan fingerprint density at radius 1 is 1.30 bits per heavy atom. The van der Waals surface area contributed by atoms with E-state index in [1.165, 1.54) is 6.42 Å². The molecule has 0 spiro atoms. The van der Waals surface area contributed by atoms with E-state index in [9.17, 15) is 4.79 Å². The molecule has 0 saturated carbocycles. The summed E-state index contributed by atoms with van der Waals surface area (Å²) in [7, 11) is 0. The van der Waals surface area contributed by atoms with E-state index in [1.807, 2.05) is 12.1 Å². The highest BCUT2D eigenvalue weighted by Crippen LogP contribution is 2.12. The fraction of sp³-hybridized carbons (Fsp3) is 0.562. The van der Waals surface area contributed by atoms with Crippen LogP contribution in [-0.4, -0.2) is 19.1 Å². The fourth-order valence-electron chi connectivity index (χ4n) is 1.87. The zero-order valence-corrected chi connectivity index (χ0v) is 12.5. The number of hydrogen-bond acceptors (Lipinski definition) is 3. The maximum atomic E-state index is 11.7. The van der Waals surface area contributed by atoms with Gasteiger partial charge in [0.2, 0.25) is 5.91 Å². The van der Waals surface area contributed by atoms with Crippen LogP contribution in [0.2, 0.25) is 0 Å². The van der Waals surface area contributed by atoms with E-state index in [0.717, 1.165) is 31.1 Å². The molecular weight excluding hydrogens is 252 g/mol. The van der Waals surface area contributed by atoms with Crippen molar-refractivity contribution in [2.24, 2.45) is 5.92 Å². The van der Waals surface area contributed by atoms with Gasteiger partial charge < -0.3 is 15.8 Å². The van der Waals surface area contributed by atoms with Gasteiger partial charge in [0.05, 0.1) is 0 Å². The molecule has 0 aliphatic carbocycles. The summed E-state index contributed by atoms with van der Waals surface area (Å²) in [6.45, 7) is 5.85. The number of amides is 1. The number of nitrogen functional groups attached to an aromatic ring is 1. The third-order valence-corrected chi connectivity index (χ3v) is 2.93. The number of rotatable bonds is 9. The van der Waals surface area contributed by atoms with Crippen molar-refractivity contribution in [3.05, 3.63) is 24.3 Å². The smallest absolute Gasteiger partial charge is 0.224 e. The van der Waals surface area contributed by atoms with E-state index >= 15 is 0 Å². The minimum absolute atomic E-state index is 0.00128. The van der Waals surface area contributed by atoms with Gasteiger partial charge in [0, 0.05) is 31.0 Å². The Kier molecular flexibility index (Phi) is 7.73. The maximum absolute atomic E-state index is 11.7. The molecule has 112 valence electrons. The molecule has 1 rings (SSSR count). The lowest BCUT2D eigenvalue weighted by Gasteiger charge is -2.07. The van der Waals surface area contributed by atoms with Crippen molar-refractivity contribution < 1.29 is 9.53 Å². The van der Waals surface area contributed by atoms with E-state index < -0.39 is 0 Å². The van der Waals surface area contributed by atoms with Gasteiger partial charge in [-0.05, 0) is 43.4 Å². The Morgan fingerprint density at radius 2 is 2.05 bits per heavy atom. The van der Waals surface area contributed by atoms with Gasteiger partial charge >= 0.3 is 0 Å². The van der Waals surface area contributed by atoms with Gasteiger partial charge in [-0.3, -0.25) is 4.79 Å². The molecule has 0 fully saturated rings. The molecule has 0 aromatic heterocycles. The summed E-state index contributed by atoms with van der Waals surface area (Å²) in [5.74, 6) is 0.726. The summed E-state index contributed by atoms with van der Waals surface area (Å²) in [5.41, 5.74) is 7.05. The van der Waals surface area contributed by atoms with Gasteiger partial charge in [0.1, 0.15) is 0 Å². The monoisotopic (exact) mass is 278 g/mol. The lowest BCUT2D eigenvalue weighted by Crippen LogP contribution is -2.12. The maximum Gasteiger partial charge on any atom is 0.224 e. The second kappa shape index (κ2) is 9.37. The van der Waals surface area contributed by atoms with Crippen LogP contribution in [0.4, 0.5) is 11.4 Å². The van der Waals surface area contributed by atoms with Crippen LogP contribution in [0.3, 0.4) is 0 Å². The Hall–Kier alpha value is -1.55. The number of benzene rings is 1. The Morgan fingerprint density at radius 3 is 2.75 bits per heavy atom. The number of carbonyl (C=O) groups excluding carboxylic acids is 1. The van der Waals surface area contributed by atoms with Crippen LogP contribution >= 0.6 is 0 Å². The first-order chi connectivity index (χ1) is 9.58. The van der Waals surface area contributed by atoms with E-state index in [2.05, 4.69) is 19.2 Å². The average Bonchev–Trinajstić information content (AvgIpc) is 2.37. The first-order valence-electron chi connectivity index (χ1n) is 7.31. The molecule has 0 bridgehead atoms. The Labute approximate surface area is 121 Å². The zero-order valence-electron chi connectivity index (χ0n) is 12.5. The lowest BCUT2D eigenvalue weighted by atomic mass is 10.1. The van der Waals surface area contributed by atoms with Crippen LogP contribution in [0.15, 0.2) is 24.3 Å². The minimum atomic E-state index is 0.00128. The van der Waals surface area contributed by atoms with E-state index in [-0.39, 0.29) is 5.91 Å². The second-order valence-electron chi connectivity index (χ2n) is 5.43. The average molecular weight is 278 g/mol. The quantitative estimate of drug-likeness (QED) is 0.537. The molecule has 0 radical (unpaired) electrons. The number of anilines is 2. The van der Waals surface area contributed by atoms with Crippen LogP contribution in [0.25, 0.3) is 0 Å². The van der Waals surface area contributed by atoms with Crippen molar-refractivity contribution in [3.63, 3.8) is 0 Å². The molecule has 4 nitrogen and oxygen atoms in total. The van der Waals surface area contributed by atoms with Gasteiger partial charge in [-0.15, -0.1) is 0 Å². The Balaban J connectivity index is 2.06. The summed E-state index contributed by atoms with van der Waals surface area (Å²) in [5, 5.41) is 2.83. The first-order valence-corrected chi connectivity index (χ1v) is 7.31. The zero-order chi connectivity index (χ0) is 14.8. The topological polar surface area (TPSA) is 64.3 Å². The predicted octanol–water partition coefficient (Wildman–Crippen LogP) is 3.44. The molecular formula is C16H26N2O2. The highest BCUT2D eigenvalue weighted by molar-refractivity contribution is 5.91. The van der Waals surface area contributed by atoms with Gasteiger partial charge in [-0.2, -0.15) is 0 Å². The fourth-order valence-corrected chi connectivity index (χ4v) is 1.87. The molecule has 1 aromatic carbocycles. The highest BCUT2D eigenvalue weighted by atomic mass is 16.5.